The molecule has 1 fully saturated rings. The van der Waals surface area contributed by atoms with Gasteiger partial charge in [0.25, 0.3) is 5.91 Å². The van der Waals surface area contributed by atoms with E-state index in [0.717, 1.165) is 0 Å². The zero-order valence-corrected chi connectivity index (χ0v) is 6.24. The summed E-state index contributed by atoms with van der Waals surface area (Å²) in [5.41, 5.74) is 5.66. The third-order valence-corrected chi connectivity index (χ3v) is 2.39. The summed E-state index contributed by atoms with van der Waals surface area (Å²) >= 11 is 0. The maximum atomic E-state index is 11.2. The highest BCUT2D eigenvalue weighted by Crippen LogP contribution is 2.41. The number of rotatable bonds is 1. The van der Waals surface area contributed by atoms with Crippen LogP contribution in [0.4, 0.5) is 0 Å². The predicted octanol–water partition coefficient (Wildman–Crippen LogP) is -0.630. The van der Waals surface area contributed by atoms with Gasteiger partial charge >= 0.3 is 0 Å². The Balaban J connectivity index is 2.34. The van der Waals surface area contributed by atoms with Crippen molar-refractivity contribution in [1.29, 1.82) is 0 Å². The second-order valence-corrected chi connectivity index (χ2v) is 2.97. The summed E-state index contributed by atoms with van der Waals surface area (Å²) in [5.74, 6) is 0.0903. The fraction of sp³-hybridized carbons (Fsp3) is 0.571. The van der Waals surface area contributed by atoms with Gasteiger partial charge < -0.3 is 15.7 Å². The molecule has 1 saturated heterocycles. The van der Waals surface area contributed by atoms with Gasteiger partial charge in [-0.2, -0.15) is 0 Å². The summed E-state index contributed by atoms with van der Waals surface area (Å²) in [6.45, 7) is 2.05. The summed E-state index contributed by atoms with van der Waals surface area (Å²) in [6.07, 6.45) is 0. The van der Waals surface area contributed by atoms with Crippen LogP contribution in [0.1, 0.15) is 6.92 Å². The largest absolute Gasteiger partial charge is 0.509 e. The third-order valence-electron chi connectivity index (χ3n) is 2.39. The minimum atomic E-state index is -0.0949. The van der Waals surface area contributed by atoms with Crippen LogP contribution in [0.2, 0.25) is 0 Å². The molecule has 4 nitrogen and oxygen atoms in total. The standard InChI is InChI=1S/C7H10N2O2/c1-3-5-6(10)4(2-8)7(11)9(3)5/h3,5,10H,2,8H2,1H3. The first-order chi connectivity index (χ1) is 5.18. The second-order valence-electron chi connectivity index (χ2n) is 2.97. The van der Waals surface area contributed by atoms with E-state index in [0.29, 0.717) is 5.57 Å². The lowest BCUT2D eigenvalue weighted by Gasteiger charge is -2.00. The van der Waals surface area contributed by atoms with E-state index in [9.17, 15) is 9.90 Å². The molecule has 0 aromatic carbocycles. The van der Waals surface area contributed by atoms with Crippen LogP contribution in [-0.2, 0) is 4.79 Å². The van der Waals surface area contributed by atoms with Crippen LogP contribution >= 0.6 is 0 Å². The van der Waals surface area contributed by atoms with Crippen molar-refractivity contribution in [2.24, 2.45) is 5.73 Å². The fourth-order valence-electron chi connectivity index (χ4n) is 1.66. The van der Waals surface area contributed by atoms with Crippen LogP contribution < -0.4 is 5.73 Å². The molecule has 0 aliphatic carbocycles. The Bertz CT molecular complexity index is 259. The van der Waals surface area contributed by atoms with E-state index >= 15 is 0 Å². The van der Waals surface area contributed by atoms with E-state index < -0.39 is 0 Å². The summed E-state index contributed by atoms with van der Waals surface area (Å²) < 4.78 is 0. The molecule has 2 aliphatic rings. The van der Waals surface area contributed by atoms with Gasteiger partial charge in [-0.05, 0) is 6.92 Å². The Labute approximate surface area is 64.3 Å². The normalized spacial score (nSPS) is 34.7. The van der Waals surface area contributed by atoms with Crippen LogP contribution in [0.5, 0.6) is 0 Å². The van der Waals surface area contributed by atoms with Crippen molar-refractivity contribution in [1.82, 2.24) is 4.90 Å². The molecule has 11 heavy (non-hydrogen) atoms. The van der Waals surface area contributed by atoms with E-state index in [1.165, 1.54) is 0 Å². The molecule has 0 spiro atoms. The van der Waals surface area contributed by atoms with Crippen molar-refractivity contribution < 1.29 is 9.90 Å². The van der Waals surface area contributed by atoms with Gasteiger partial charge in [0.15, 0.2) is 0 Å². The van der Waals surface area contributed by atoms with E-state index in [-0.39, 0.29) is 30.3 Å². The quantitative estimate of drug-likeness (QED) is 0.494. The Hall–Kier alpha value is -1.03. The summed E-state index contributed by atoms with van der Waals surface area (Å²) in [6, 6.07) is 0.124. The zero-order valence-electron chi connectivity index (χ0n) is 6.24. The number of aliphatic hydroxyl groups is 1. The number of fused-ring (bicyclic) bond motifs is 1. The molecule has 2 heterocycles. The number of carbonyl (C=O) groups is 1. The molecular weight excluding hydrogens is 144 g/mol. The topological polar surface area (TPSA) is 66.3 Å². The number of nitrogens with zero attached hydrogens (tertiary/aromatic N) is 1. The highest BCUT2D eigenvalue weighted by atomic mass is 16.3. The van der Waals surface area contributed by atoms with Crippen LogP contribution in [0, 0.1) is 0 Å². The number of amides is 1. The van der Waals surface area contributed by atoms with Crippen molar-refractivity contribution in [3.05, 3.63) is 11.3 Å². The van der Waals surface area contributed by atoms with Gasteiger partial charge in [-0.15, -0.1) is 0 Å². The monoisotopic (exact) mass is 154 g/mol. The zero-order chi connectivity index (χ0) is 8.17. The Kier molecular flexibility index (Phi) is 1.07. The predicted molar refractivity (Wildman–Crippen MR) is 38.8 cm³/mol. The van der Waals surface area contributed by atoms with E-state index in [4.69, 9.17) is 5.73 Å². The van der Waals surface area contributed by atoms with Crippen LogP contribution in [0.15, 0.2) is 11.3 Å². The average molecular weight is 154 g/mol. The van der Waals surface area contributed by atoms with Gasteiger partial charge in [0, 0.05) is 6.54 Å². The molecule has 60 valence electrons. The Morgan fingerprint density at radius 1 is 1.73 bits per heavy atom. The number of carbonyl (C=O) groups excluding carboxylic acids is 1. The number of nitrogens with two attached hydrogens (primary N) is 1. The van der Waals surface area contributed by atoms with Gasteiger partial charge in [-0.1, -0.05) is 0 Å². The number of hydrogen-bond acceptors (Lipinski definition) is 3. The van der Waals surface area contributed by atoms with Gasteiger partial charge in [-0.3, -0.25) is 4.79 Å². The molecule has 2 aliphatic heterocycles. The molecule has 0 saturated carbocycles. The molecule has 2 rings (SSSR count). The van der Waals surface area contributed by atoms with Crippen molar-refractivity contribution in [2.45, 2.75) is 19.0 Å². The highest BCUT2D eigenvalue weighted by molar-refractivity contribution is 6.00. The van der Waals surface area contributed by atoms with Crippen LogP contribution in [0.25, 0.3) is 0 Å². The lowest BCUT2D eigenvalue weighted by molar-refractivity contribution is -0.121. The van der Waals surface area contributed by atoms with Gasteiger partial charge in [0.1, 0.15) is 11.8 Å². The van der Waals surface area contributed by atoms with Crippen molar-refractivity contribution >= 4 is 5.91 Å². The highest BCUT2D eigenvalue weighted by Gasteiger charge is 2.57. The minimum Gasteiger partial charge on any atom is -0.509 e. The molecule has 1 amide bonds. The summed E-state index contributed by atoms with van der Waals surface area (Å²) in [7, 11) is 0. The minimum absolute atomic E-state index is 0.0546. The molecule has 0 aromatic heterocycles. The van der Waals surface area contributed by atoms with Crippen molar-refractivity contribution in [3.63, 3.8) is 0 Å². The first-order valence-electron chi connectivity index (χ1n) is 3.63. The summed E-state index contributed by atoms with van der Waals surface area (Å²) in [5, 5.41) is 9.38. The molecule has 0 bridgehead atoms. The van der Waals surface area contributed by atoms with Crippen LogP contribution in [-0.4, -0.2) is 34.5 Å². The van der Waals surface area contributed by atoms with Gasteiger partial charge in [-0.25, -0.2) is 0 Å². The van der Waals surface area contributed by atoms with Crippen molar-refractivity contribution in [3.8, 4) is 0 Å². The Morgan fingerprint density at radius 2 is 2.36 bits per heavy atom. The SMILES string of the molecule is CC1C2C(O)=C(CN)C(=O)N12. The first kappa shape index (κ1) is 6.67. The van der Waals surface area contributed by atoms with E-state index in [1.807, 2.05) is 6.92 Å². The molecule has 0 radical (unpaired) electrons. The van der Waals surface area contributed by atoms with E-state index in [1.54, 1.807) is 4.90 Å². The van der Waals surface area contributed by atoms with Gasteiger partial charge in [0.05, 0.1) is 11.6 Å². The molecule has 3 N–H and O–H groups in total. The second kappa shape index (κ2) is 1.76. The smallest absolute Gasteiger partial charge is 0.255 e. The molecular formula is C7H10N2O2. The van der Waals surface area contributed by atoms with Crippen molar-refractivity contribution in [2.75, 3.05) is 6.54 Å². The lowest BCUT2D eigenvalue weighted by atomic mass is 10.1. The lowest BCUT2D eigenvalue weighted by Crippen LogP contribution is -2.19. The molecule has 0 aromatic rings. The number of hydrogen-bond donors (Lipinski definition) is 2. The molecule has 4 heteroatoms. The third kappa shape index (κ3) is 0.599. The fourth-order valence-corrected chi connectivity index (χ4v) is 1.66. The average Bonchev–Trinajstić information content (AvgIpc) is 2.54. The van der Waals surface area contributed by atoms with Crippen LogP contribution in [0.3, 0.4) is 0 Å². The maximum Gasteiger partial charge on any atom is 0.255 e. The van der Waals surface area contributed by atoms with Gasteiger partial charge in [0.2, 0.25) is 0 Å². The molecule has 2 atom stereocenters. The maximum absolute atomic E-state index is 11.2. The summed E-state index contributed by atoms with van der Waals surface area (Å²) in [4.78, 5) is 12.9. The first-order valence-corrected chi connectivity index (χ1v) is 3.63. The molecule has 2 unspecified atom stereocenters. The van der Waals surface area contributed by atoms with E-state index in [2.05, 4.69) is 0 Å². The Morgan fingerprint density at radius 3 is 2.73 bits per heavy atom. The number of aliphatic hydroxyl groups excluding tert-OH is 1.